The quantitative estimate of drug-likeness (QED) is 0.876. The van der Waals surface area contributed by atoms with E-state index < -0.39 is 11.4 Å². The highest BCUT2D eigenvalue weighted by Crippen LogP contribution is 2.14. The minimum Gasteiger partial charge on any atom is -0.390 e. The van der Waals surface area contributed by atoms with Crippen molar-refractivity contribution in [2.75, 3.05) is 0 Å². The predicted octanol–water partition coefficient (Wildman–Crippen LogP) is 1.06. The molecule has 0 atom stereocenters. The van der Waals surface area contributed by atoms with Gasteiger partial charge < -0.3 is 5.11 Å². The maximum atomic E-state index is 11.6. The lowest BCUT2D eigenvalue weighted by Gasteiger charge is -2.16. The number of hydrogen-bond donors (Lipinski definition) is 1. The molecule has 2 rings (SSSR count). The van der Waals surface area contributed by atoms with Crippen molar-refractivity contribution in [2.45, 2.75) is 32.4 Å². The van der Waals surface area contributed by atoms with Crippen LogP contribution in [0, 0.1) is 0 Å². The predicted molar refractivity (Wildman–Crippen MR) is 64.9 cm³/mol. The van der Waals surface area contributed by atoms with Crippen molar-refractivity contribution in [3.8, 4) is 11.5 Å². The summed E-state index contributed by atoms with van der Waals surface area (Å²) in [5, 5.41) is 13.4. The normalized spacial score (nSPS) is 11.7. The van der Waals surface area contributed by atoms with E-state index in [0.29, 0.717) is 24.5 Å². The molecule has 1 N–H and O–H groups in total. The third-order valence-corrected chi connectivity index (χ3v) is 2.53. The van der Waals surface area contributed by atoms with Crippen LogP contribution in [0.1, 0.15) is 20.3 Å². The molecular weight excluding hydrogens is 234 g/mol. The van der Waals surface area contributed by atoms with Gasteiger partial charge in [-0.2, -0.15) is 0 Å². The molecule has 2 aromatic heterocycles. The molecule has 2 aromatic rings. The summed E-state index contributed by atoms with van der Waals surface area (Å²) in [6.07, 6.45) is 2.04. The van der Waals surface area contributed by atoms with Crippen LogP contribution in [0.2, 0.25) is 0 Å². The molecule has 0 saturated carbocycles. The minimum atomic E-state index is -0.849. The van der Waals surface area contributed by atoms with Crippen molar-refractivity contribution in [3.05, 3.63) is 34.9 Å². The van der Waals surface area contributed by atoms with Crippen LogP contribution in [0.15, 0.2) is 33.7 Å². The van der Waals surface area contributed by atoms with E-state index in [1.807, 2.05) is 6.07 Å². The summed E-state index contributed by atoms with van der Waals surface area (Å²) in [6, 6.07) is 5.34. The topological polar surface area (TPSA) is 81.2 Å². The van der Waals surface area contributed by atoms with E-state index in [0.717, 1.165) is 0 Å². The number of aliphatic hydroxyl groups is 1. The Bertz CT molecular complexity index is 566. The van der Waals surface area contributed by atoms with Crippen molar-refractivity contribution in [1.82, 2.24) is 14.7 Å². The largest absolute Gasteiger partial charge is 0.441 e. The number of hydrogen-bond acceptors (Lipinski definition) is 5. The Morgan fingerprint density at radius 1 is 1.44 bits per heavy atom. The average molecular weight is 249 g/mol. The van der Waals surface area contributed by atoms with Gasteiger partial charge in [0.15, 0.2) is 0 Å². The minimum absolute atomic E-state index is 0.331. The highest BCUT2D eigenvalue weighted by atomic mass is 16.5. The van der Waals surface area contributed by atoms with Crippen LogP contribution in [0.5, 0.6) is 0 Å². The van der Waals surface area contributed by atoms with E-state index in [4.69, 9.17) is 0 Å². The van der Waals surface area contributed by atoms with Crippen LogP contribution < -0.4 is 5.76 Å². The molecular formula is C12H15N3O3. The van der Waals surface area contributed by atoms with Gasteiger partial charge >= 0.3 is 5.76 Å². The second kappa shape index (κ2) is 4.73. The zero-order chi connectivity index (χ0) is 13.2. The maximum absolute atomic E-state index is 11.6. The van der Waals surface area contributed by atoms with Gasteiger partial charge in [0, 0.05) is 12.7 Å². The lowest BCUT2D eigenvalue weighted by molar-refractivity contribution is 0.0658. The summed E-state index contributed by atoms with van der Waals surface area (Å²) in [5.74, 6) is -0.162. The standard InChI is InChI=1S/C12H15N3O3/c1-12(2,17)6-8-15-10(14-18-11(15)16)9-5-3-4-7-13-9/h3-5,7,17H,6,8H2,1-2H3. The van der Waals surface area contributed by atoms with Crippen LogP contribution in [0.4, 0.5) is 0 Å². The van der Waals surface area contributed by atoms with Crippen LogP contribution in [0.3, 0.4) is 0 Å². The van der Waals surface area contributed by atoms with Gasteiger partial charge in [-0.15, -0.1) is 0 Å². The second-order valence-corrected chi connectivity index (χ2v) is 4.70. The van der Waals surface area contributed by atoms with E-state index >= 15 is 0 Å². The molecule has 0 amide bonds. The summed E-state index contributed by atoms with van der Waals surface area (Å²) in [5.41, 5.74) is -0.281. The van der Waals surface area contributed by atoms with Crippen molar-refractivity contribution in [1.29, 1.82) is 0 Å². The molecule has 0 aliphatic carbocycles. The molecule has 0 fully saturated rings. The molecule has 0 aliphatic heterocycles. The fraction of sp³-hybridized carbons (Fsp3) is 0.417. The Hall–Kier alpha value is -1.95. The Labute approximate surface area is 104 Å². The molecule has 0 spiro atoms. The van der Waals surface area contributed by atoms with E-state index in [1.165, 1.54) is 4.57 Å². The van der Waals surface area contributed by atoms with Gasteiger partial charge in [0.25, 0.3) is 0 Å². The zero-order valence-electron chi connectivity index (χ0n) is 10.3. The molecule has 0 bridgehead atoms. The fourth-order valence-corrected chi connectivity index (χ4v) is 1.53. The van der Waals surface area contributed by atoms with E-state index in [-0.39, 0.29) is 0 Å². The Kier molecular flexibility index (Phi) is 3.29. The first-order chi connectivity index (χ1) is 8.47. The van der Waals surface area contributed by atoms with Crippen molar-refractivity contribution in [2.24, 2.45) is 0 Å². The van der Waals surface area contributed by atoms with E-state index in [9.17, 15) is 9.90 Å². The highest BCUT2D eigenvalue weighted by molar-refractivity contribution is 5.47. The van der Waals surface area contributed by atoms with Crippen LogP contribution in [-0.4, -0.2) is 25.4 Å². The average Bonchev–Trinajstić information content (AvgIpc) is 2.68. The van der Waals surface area contributed by atoms with Crippen LogP contribution in [-0.2, 0) is 6.54 Å². The van der Waals surface area contributed by atoms with Crippen molar-refractivity contribution in [3.63, 3.8) is 0 Å². The molecule has 0 aliphatic rings. The van der Waals surface area contributed by atoms with Gasteiger partial charge in [-0.05, 0) is 32.4 Å². The summed E-state index contributed by atoms with van der Waals surface area (Å²) in [7, 11) is 0. The molecule has 6 heteroatoms. The summed E-state index contributed by atoms with van der Waals surface area (Å²) >= 11 is 0. The molecule has 2 heterocycles. The number of pyridine rings is 1. The van der Waals surface area contributed by atoms with Crippen molar-refractivity contribution >= 4 is 0 Å². The monoisotopic (exact) mass is 249 g/mol. The number of nitrogens with zero attached hydrogens (tertiary/aromatic N) is 3. The van der Waals surface area contributed by atoms with Gasteiger partial charge in [-0.3, -0.25) is 14.1 Å². The first kappa shape index (κ1) is 12.5. The summed E-state index contributed by atoms with van der Waals surface area (Å²) < 4.78 is 6.03. The SMILES string of the molecule is CC(C)(O)CCn1c(-c2ccccn2)noc1=O. The van der Waals surface area contributed by atoms with Crippen LogP contribution >= 0.6 is 0 Å². The Morgan fingerprint density at radius 2 is 2.22 bits per heavy atom. The molecule has 0 aromatic carbocycles. The van der Waals surface area contributed by atoms with Crippen molar-refractivity contribution < 1.29 is 9.63 Å². The molecule has 0 saturated heterocycles. The smallest absolute Gasteiger partial charge is 0.390 e. The van der Waals surface area contributed by atoms with Gasteiger partial charge in [0.2, 0.25) is 5.82 Å². The summed E-state index contributed by atoms with van der Waals surface area (Å²) in [6.45, 7) is 3.70. The van der Waals surface area contributed by atoms with E-state index in [1.54, 1.807) is 32.2 Å². The molecule has 0 unspecified atom stereocenters. The third kappa shape index (κ3) is 2.84. The fourth-order valence-electron chi connectivity index (χ4n) is 1.53. The Morgan fingerprint density at radius 3 is 2.83 bits per heavy atom. The molecule has 96 valence electrons. The van der Waals surface area contributed by atoms with Gasteiger partial charge in [-0.1, -0.05) is 11.2 Å². The summed E-state index contributed by atoms with van der Waals surface area (Å²) in [4.78, 5) is 15.7. The first-order valence-electron chi connectivity index (χ1n) is 5.68. The molecule has 6 nitrogen and oxygen atoms in total. The lowest BCUT2D eigenvalue weighted by atomic mass is 10.1. The highest BCUT2D eigenvalue weighted by Gasteiger charge is 2.18. The van der Waals surface area contributed by atoms with Crippen LogP contribution in [0.25, 0.3) is 11.5 Å². The van der Waals surface area contributed by atoms with Gasteiger partial charge in [0.1, 0.15) is 5.69 Å². The molecule has 0 radical (unpaired) electrons. The zero-order valence-corrected chi connectivity index (χ0v) is 10.3. The van der Waals surface area contributed by atoms with Gasteiger partial charge in [-0.25, -0.2) is 4.79 Å². The number of aromatic nitrogens is 3. The van der Waals surface area contributed by atoms with Gasteiger partial charge in [0.05, 0.1) is 5.60 Å². The maximum Gasteiger partial charge on any atom is 0.441 e. The Balaban J connectivity index is 2.31. The molecule has 18 heavy (non-hydrogen) atoms. The third-order valence-electron chi connectivity index (χ3n) is 2.53. The first-order valence-corrected chi connectivity index (χ1v) is 5.68. The second-order valence-electron chi connectivity index (χ2n) is 4.70. The van der Waals surface area contributed by atoms with E-state index in [2.05, 4.69) is 14.7 Å². The lowest BCUT2D eigenvalue weighted by Crippen LogP contribution is -2.25. The number of rotatable bonds is 4.